The van der Waals surface area contributed by atoms with E-state index in [4.69, 9.17) is 16.7 Å². The summed E-state index contributed by atoms with van der Waals surface area (Å²) in [5.41, 5.74) is 9.91. The molecule has 2 fully saturated rings. The van der Waals surface area contributed by atoms with Crippen molar-refractivity contribution < 1.29 is 14.8 Å². The van der Waals surface area contributed by atoms with E-state index in [2.05, 4.69) is 5.16 Å². The second kappa shape index (κ2) is 3.90. The number of nitrogens with zero attached hydrogens (tertiary/aromatic N) is 2. The molecule has 0 spiro atoms. The van der Waals surface area contributed by atoms with Crippen LogP contribution in [0.5, 0.6) is 0 Å². The lowest BCUT2D eigenvalue weighted by Gasteiger charge is -2.21. The summed E-state index contributed by atoms with van der Waals surface area (Å²) in [6.45, 7) is 0.849. The molecule has 5 N–H and O–H groups in total. The number of amidine groups is 1. The number of carbonyl (C=O) groups is 2. The zero-order valence-electron chi connectivity index (χ0n) is 9.43. The van der Waals surface area contributed by atoms with Gasteiger partial charge in [0.15, 0.2) is 5.84 Å². The zero-order chi connectivity index (χ0) is 12.6. The minimum absolute atomic E-state index is 0.0370. The van der Waals surface area contributed by atoms with Crippen molar-refractivity contribution in [3.05, 3.63) is 0 Å². The molecule has 0 aromatic carbocycles. The number of amides is 2. The van der Waals surface area contributed by atoms with Gasteiger partial charge in [-0.3, -0.25) is 9.59 Å². The maximum absolute atomic E-state index is 12.2. The fourth-order valence-corrected chi connectivity index (χ4v) is 2.28. The minimum atomic E-state index is -0.832. The van der Waals surface area contributed by atoms with Gasteiger partial charge < -0.3 is 21.6 Å². The highest BCUT2D eigenvalue weighted by molar-refractivity contribution is 6.09. The molecule has 2 rings (SSSR count). The van der Waals surface area contributed by atoms with Crippen LogP contribution in [0, 0.1) is 11.3 Å². The van der Waals surface area contributed by atoms with Crippen LogP contribution in [0.25, 0.3) is 0 Å². The largest absolute Gasteiger partial charge is 0.409 e. The summed E-state index contributed by atoms with van der Waals surface area (Å²) >= 11 is 0. The van der Waals surface area contributed by atoms with Crippen LogP contribution in [-0.4, -0.2) is 40.8 Å². The Morgan fingerprint density at radius 1 is 1.35 bits per heavy atom. The predicted molar refractivity (Wildman–Crippen MR) is 59.0 cm³/mol. The van der Waals surface area contributed by atoms with Crippen molar-refractivity contribution >= 4 is 17.6 Å². The van der Waals surface area contributed by atoms with Crippen molar-refractivity contribution in [3.63, 3.8) is 0 Å². The number of likely N-dealkylation sites (tertiary alicyclic amines) is 1. The molecule has 1 unspecified atom stereocenters. The fourth-order valence-electron chi connectivity index (χ4n) is 2.28. The summed E-state index contributed by atoms with van der Waals surface area (Å²) < 4.78 is 0. The van der Waals surface area contributed by atoms with E-state index < -0.39 is 5.41 Å². The molecule has 0 bridgehead atoms. The first kappa shape index (κ1) is 11.7. The van der Waals surface area contributed by atoms with E-state index in [1.54, 1.807) is 4.90 Å². The van der Waals surface area contributed by atoms with Crippen molar-refractivity contribution in [2.75, 3.05) is 13.1 Å². The number of hydrogen-bond donors (Lipinski definition) is 3. The Kier molecular flexibility index (Phi) is 2.68. The van der Waals surface area contributed by atoms with Crippen LogP contribution in [0.15, 0.2) is 5.16 Å². The molecule has 1 aliphatic heterocycles. The first-order valence-corrected chi connectivity index (χ1v) is 5.58. The second-order valence-electron chi connectivity index (χ2n) is 4.71. The average Bonchev–Trinajstić information content (AvgIpc) is 2.97. The Morgan fingerprint density at radius 2 is 2.00 bits per heavy atom. The van der Waals surface area contributed by atoms with Crippen LogP contribution >= 0.6 is 0 Å². The highest BCUT2D eigenvalue weighted by Crippen LogP contribution is 2.48. The molecule has 1 saturated heterocycles. The fraction of sp³-hybridized carbons (Fsp3) is 0.700. The molecule has 0 radical (unpaired) electrons. The topological polar surface area (TPSA) is 122 Å². The Balaban J connectivity index is 2.05. The van der Waals surface area contributed by atoms with Crippen molar-refractivity contribution in [2.45, 2.75) is 19.3 Å². The summed E-state index contributed by atoms with van der Waals surface area (Å²) in [4.78, 5) is 24.8. The van der Waals surface area contributed by atoms with Gasteiger partial charge in [-0.2, -0.15) is 0 Å². The highest BCUT2D eigenvalue weighted by atomic mass is 16.4. The van der Waals surface area contributed by atoms with Crippen LogP contribution < -0.4 is 11.5 Å². The third-order valence-electron chi connectivity index (χ3n) is 3.64. The van der Waals surface area contributed by atoms with Crippen LogP contribution in [0.4, 0.5) is 0 Å². The lowest BCUT2D eigenvalue weighted by atomic mass is 10.0. The number of rotatable bonds is 3. The lowest BCUT2D eigenvalue weighted by molar-refractivity contribution is -0.133. The van der Waals surface area contributed by atoms with Crippen LogP contribution in [0.1, 0.15) is 19.3 Å². The molecule has 1 atom stereocenters. The van der Waals surface area contributed by atoms with Gasteiger partial charge >= 0.3 is 0 Å². The SMILES string of the molecule is NC(=O)C1CCN(C(=O)C2(C(N)=NO)CC2)C1. The summed E-state index contributed by atoms with van der Waals surface area (Å²) in [6.07, 6.45) is 1.78. The van der Waals surface area contributed by atoms with Gasteiger partial charge in [0.2, 0.25) is 11.8 Å². The zero-order valence-corrected chi connectivity index (χ0v) is 9.43. The Labute approximate surface area is 98.4 Å². The first-order valence-electron chi connectivity index (χ1n) is 5.58. The van der Waals surface area contributed by atoms with Crippen LogP contribution in [-0.2, 0) is 9.59 Å². The molecule has 1 saturated carbocycles. The molecule has 7 nitrogen and oxygen atoms in total. The van der Waals surface area contributed by atoms with Gasteiger partial charge in [-0.05, 0) is 19.3 Å². The molecule has 1 aliphatic carbocycles. The van der Waals surface area contributed by atoms with E-state index in [0.29, 0.717) is 32.4 Å². The van der Waals surface area contributed by atoms with Gasteiger partial charge in [0.1, 0.15) is 5.41 Å². The van der Waals surface area contributed by atoms with Crippen molar-refractivity contribution in [2.24, 2.45) is 28.0 Å². The maximum Gasteiger partial charge on any atom is 0.236 e. The molecule has 0 aromatic rings. The quantitative estimate of drug-likeness (QED) is 0.249. The van der Waals surface area contributed by atoms with Gasteiger partial charge in [0.05, 0.1) is 5.92 Å². The van der Waals surface area contributed by atoms with Gasteiger partial charge in [-0.1, -0.05) is 5.16 Å². The number of primary amides is 1. The van der Waals surface area contributed by atoms with Gasteiger partial charge in [0, 0.05) is 13.1 Å². The van der Waals surface area contributed by atoms with E-state index in [0.717, 1.165) is 0 Å². The van der Waals surface area contributed by atoms with E-state index in [-0.39, 0.29) is 23.6 Å². The number of oxime groups is 1. The number of nitrogens with two attached hydrogens (primary N) is 2. The summed E-state index contributed by atoms with van der Waals surface area (Å²) in [6, 6.07) is 0. The lowest BCUT2D eigenvalue weighted by Crippen LogP contribution is -2.43. The predicted octanol–water partition coefficient (Wildman–Crippen LogP) is -1.15. The average molecular weight is 240 g/mol. The van der Waals surface area contributed by atoms with E-state index in [1.165, 1.54) is 0 Å². The molecule has 2 amide bonds. The third kappa shape index (κ3) is 1.81. The molecule has 7 heteroatoms. The van der Waals surface area contributed by atoms with Crippen LogP contribution in [0.2, 0.25) is 0 Å². The van der Waals surface area contributed by atoms with Crippen LogP contribution in [0.3, 0.4) is 0 Å². The highest BCUT2D eigenvalue weighted by Gasteiger charge is 2.56. The second-order valence-corrected chi connectivity index (χ2v) is 4.71. The van der Waals surface area contributed by atoms with Crippen molar-refractivity contribution in [1.29, 1.82) is 0 Å². The first-order chi connectivity index (χ1) is 8.01. The van der Waals surface area contributed by atoms with Crippen molar-refractivity contribution in [3.8, 4) is 0 Å². The Hall–Kier alpha value is -1.79. The normalized spacial score (nSPS) is 26.9. The molecule has 1 heterocycles. The summed E-state index contributed by atoms with van der Waals surface area (Å²) in [7, 11) is 0. The standard InChI is InChI=1S/C10H16N4O3/c11-7(15)6-1-4-14(5-6)9(16)10(2-3-10)8(12)13-17/h6,17H,1-5H2,(H2,11,15)(H2,12,13). The van der Waals surface area contributed by atoms with E-state index >= 15 is 0 Å². The van der Waals surface area contributed by atoms with E-state index in [1.807, 2.05) is 0 Å². The third-order valence-corrected chi connectivity index (χ3v) is 3.64. The molecular weight excluding hydrogens is 224 g/mol. The number of carbonyl (C=O) groups excluding carboxylic acids is 2. The summed E-state index contributed by atoms with van der Waals surface area (Å²) in [5.74, 6) is -0.849. The summed E-state index contributed by atoms with van der Waals surface area (Å²) in [5, 5.41) is 11.6. The Morgan fingerprint density at radius 3 is 2.41 bits per heavy atom. The molecular formula is C10H16N4O3. The monoisotopic (exact) mass is 240 g/mol. The van der Waals surface area contributed by atoms with Gasteiger partial charge in [-0.15, -0.1) is 0 Å². The Bertz CT molecular complexity index is 389. The number of hydrogen-bond acceptors (Lipinski definition) is 4. The smallest absolute Gasteiger partial charge is 0.236 e. The van der Waals surface area contributed by atoms with Gasteiger partial charge in [-0.25, -0.2) is 0 Å². The van der Waals surface area contributed by atoms with E-state index in [9.17, 15) is 9.59 Å². The molecule has 2 aliphatic rings. The molecule has 94 valence electrons. The maximum atomic E-state index is 12.2. The van der Waals surface area contributed by atoms with Crippen molar-refractivity contribution in [1.82, 2.24) is 4.90 Å². The van der Waals surface area contributed by atoms with Gasteiger partial charge in [0.25, 0.3) is 0 Å². The molecule has 17 heavy (non-hydrogen) atoms. The minimum Gasteiger partial charge on any atom is -0.409 e. The molecule has 0 aromatic heterocycles.